The molecule has 1 unspecified atom stereocenters. The van der Waals surface area contributed by atoms with Crippen molar-refractivity contribution in [3.63, 3.8) is 0 Å². The highest BCUT2D eigenvalue weighted by atomic mass is 79.9. The average Bonchev–Trinajstić information content (AvgIpc) is 2.74. The second-order valence-corrected chi connectivity index (χ2v) is 14.3. The lowest BCUT2D eigenvalue weighted by Gasteiger charge is -2.43. The number of ketones is 1. The van der Waals surface area contributed by atoms with Crippen LogP contribution in [0.2, 0.25) is 5.04 Å². The zero-order valence-electron chi connectivity index (χ0n) is 19.1. The lowest BCUT2D eigenvalue weighted by Crippen LogP contribution is -2.66. The molecule has 0 saturated heterocycles. The second kappa shape index (κ2) is 11.2. The van der Waals surface area contributed by atoms with Gasteiger partial charge >= 0.3 is 5.97 Å². The molecule has 2 aromatic carbocycles. The number of carbonyl (C=O) groups is 2. The lowest BCUT2D eigenvalue weighted by molar-refractivity contribution is -0.153. The Morgan fingerprint density at radius 1 is 0.968 bits per heavy atom. The Bertz CT molecular complexity index is 809. The smallest absolute Gasteiger partial charge is 0.375 e. The highest BCUT2D eigenvalue weighted by molar-refractivity contribution is 9.10. The maximum Gasteiger partial charge on any atom is 0.375 e. The number of halogens is 1. The molecule has 0 bridgehead atoms. The summed E-state index contributed by atoms with van der Waals surface area (Å²) in [6.07, 6.45) is 0.496. The molecule has 2 aromatic rings. The van der Waals surface area contributed by atoms with Crippen molar-refractivity contribution in [2.75, 3.05) is 13.2 Å². The Kier molecular flexibility index (Phi) is 9.22. The summed E-state index contributed by atoms with van der Waals surface area (Å²) in [7, 11) is -2.62. The van der Waals surface area contributed by atoms with Crippen LogP contribution < -0.4 is 10.4 Å². The van der Waals surface area contributed by atoms with Gasteiger partial charge in [-0.25, -0.2) is 4.79 Å². The predicted molar refractivity (Wildman–Crippen MR) is 132 cm³/mol. The van der Waals surface area contributed by atoms with Crippen LogP contribution in [0.5, 0.6) is 0 Å². The number of benzene rings is 2. The minimum absolute atomic E-state index is 0.0735. The van der Waals surface area contributed by atoms with Gasteiger partial charge in [0.2, 0.25) is 0 Å². The van der Waals surface area contributed by atoms with Gasteiger partial charge in [0.15, 0.2) is 0 Å². The number of hydrogen-bond donors (Lipinski definition) is 0. The van der Waals surface area contributed by atoms with Gasteiger partial charge in [-0.05, 0) is 34.7 Å². The van der Waals surface area contributed by atoms with Crippen LogP contribution in [0.15, 0.2) is 60.7 Å². The molecule has 6 heteroatoms. The van der Waals surface area contributed by atoms with Crippen LogP contribution in [0, 0.1) is 5.92 Å². The van der Waals surface area contributed by atoms with Crippen LogP contribution in [0.4, 0.5) is 0 Å². The van der Waals surface area contributed by atoms with Crippen molar-refractivity contribution in [1.82, 2.24) is 0 Å². The van der Waals surface area contributed by atoms with E-state index in [1.165, 1.54) is 10.4 Å². The summed E-state index contributed by atoms with van der Waals surface area (Å²) >= 11 is 3.37. The fraction of sp³-hybridized carbons (Fsp3) is 0.440. The summed E-state index contributed by atoms with van der Waals surface area (Å²) in [6.45, 7) is 11.1. The van der Waals surface area contributed by atoms with Gasteiger partial charge in [0, 0.05) is 6.61 Å². The molecule has 0 amide bonds. The Balaban J connectivity index is 2.29. The zero-order valence-corrected chi connectivity index (χ0v) is 21.6. The third-order valence-corrected chi connectivity index (χ3v) is 11.2. The van der Waals surface area contributed by atoms with Crippen molar-refractivity contribution in [3.05, 3.63) is 60.7 Å². The molecule has 168 valence electrons. The first-order valence-electron chi connectivity index (χ1n) is 10.7. The quantitative estimate of drug-likeness (QED) is 0.207. The van der Waals surface area contributed by atoms with Crippen LogP contribution in [0.25, 0.3) is 0 Å². The molecule has 0 heterocycles. The van der Waals surface area contributed by atoms with Gasteiger partial charge in [-0.1, -0.05) is 104 Å². The summed E-state index contributed by atoms with van der Waals surface area (Å²) in [4.78, 5) is 23.4. The largest absolute Gasteiger partial charge is 0.460 e. The van der Waals surface area contributed by atoms with E-state index < -0.39 is 24.9 Å². The summed E-state index contributed by atoms with van der Waals surface area (Å²) in [5.41, 5.74) is 0. The normalized spacial score (nSPS) is 14.0. The molecule has 0 fully saturated rings. The molecule has 0 aliphatic rings. The van der Waals surface area contributed by atoms with Crippen molar-refractivity contribution in [1.29, 1.82) is 0 Å². The fourth-order valence-electron chi connectivity index (χ4n) is 3.89. The number of hydrogen-bond acceptors (Lipinski definition) is 4. The average molecular weight is 506 g/mol. The summed E-state index contributed by atoms with van der Waals surface area (Å²) in [6, 6.07) is 20.9. The first-order valence-corrected chi connectivity index (χ1v) is 13.6. The number of esters is 1. The molecular weight excluding hydrogens is 472 g/mol. The molecule has 0 spiro atoms. The van der Waals surface area contributed by atoms with Crippen molar-refractivity contribution >= 4 is 46.4 Å². The Morgan fingerprint density at radius 3 is 1.87 bits per heavy atom. The van der Waals surface area contributed by atoms with Crippen LogP contribution in [-0.4, -0.2) is 38.1 Å². The molecule has 31 heavy (non-hydrogen) atoms. The van der Waals surface area contributed by atoms with Gasteiger partial charge in [-0.15, -0.1) is 0 Å². The predicted octanol–water partition coefficient (Wildman–Crippen LogP) is 4.48. The van der Waals surface area contributed by atoms with Crippen LogP contribution in [-0.2, 0) is 18.8 Å². The summed E-state index contributed by atoms with van der Waals surface area (Å²) < 4.78 is 11.7. The van der Waals surface area contributed by atoms with Crippen molar-refractivity contribution in [2.24, 2.45) is 5.92 Å². The first kappa shape index (κ1) is 25.5. The van der Waals surface area contributed by atoms with Gasteiger partial charge in [0.25, 0.3) is 14.1 Å². The topological polar surface area (TPSA) is 52.6 Å². The molecule has 4 nitrogen and oxygen atoms in total. The summed E-state index contributed by atoms with van der Waals surface area (Å²) in [5, 5.41) is 2.34. The zero-order chi connectivity index (χ0) is 23.1. The van der Waals surface area contributed by atoms with Gasteiger partial charge in [-0.3, -0.25) is 4.79 Å². The maximum atomic E-state index is 12.2. The van der Waals surface area contributed by atoms with E-state index in [0.717, 1.165) is 0 Å². The number of carbonyl (C=O) groups excluding carboxylic acids is 2. The Morgan fingerprint density at radius 2 is 1.45 bits per heavy atom. The molecular formula is C25H33BrO4Si. The molecule has 2 atom stereocenters. The number of alkyl halides is 1. The van der Waals surface area contributed by atoms with Crippen LogP contribution >= 0.6 is 15.9 Å². The molecule has 0 N–H and O–H groups in total. The number of ether oxygens (including phenoxy) is 1. The lowest BCUT2D eigenvalue weighted by atomic mass is 10.0. The molecule has 0 aliphatic carbocycles. The molecule has 2 rings (SSSR count). The second-order valence-electron chi connectivity index (χ2n) is 8.87. The molecule has 0 saturated carbocycles. The molecule has 0 radical (unpaired) electrons. The first-order chi connectivity index (χ1) is 14.6. The monoisotopic (exact) mass is 504 g/mol. The highest BCUT2D eigenvalue weighted by Crippen LogP contribution is 2.37. The van der Waals surface area contributed by atoms with Crippen molar-refractivity contribution in [2.45, 2.75) is 50.9 Å². The molecule has 0 aliphatic heterocycles. The standard InChI is InChI=1S/C25H33BrO4Si/c1-6-29-24(28)23(27)22(26)17-19(2)18-30-31(25(3,4)5,20-13-9-7-10-14-20)21-15-11-8-12-16-21/h7-16,19,22H,6,17-18H2,1-5H3/t19-,22?/m0/s1. The van der Waals surface area contributed by atoms with Crippen molar-refractivity contribution < 1.29 is 18.8 Å². The van der Waals surface area contributed by atoms with E-state index in [1.54, 1.807) is 6.92 Å². The van der Waals surface area contributed by atoms with E-state index in [-0.39, 0.29) is 17.6 Å². The van der Waals surface area contributed by atoms with Crippen molar-refractivity contribution in [3.8, 4) is 0 Å². The van der Waals surface area contributed by atoms with E-state index >= 15 is 0 Å². The highest BCUT2D eigenvalue weighted by Gasteiger charge is 2.50. The van der Waals surface area contributed by atoms with Crippen LogP contribution in [0.3, 0.4) is 0 Å². The van der Waals surface area contributed by atoms with E-state index in [9.17, 15) is 9.59 Å². The van der Waals surface area contributed by atoms with E-state index in [4.69, 9.17) is 9.16 Å². The minimum atomic E-state index is -2.62. The third kappa shape index (κ3) is 6.15. The van der Waals surface area contributed by atoms with Gasteiger partial charge in [-0.2, -0.15) is 0 Å². The van der Waals surface area contributed by atoms with Crippen LogP contribution in [0.1, 0.15) is 41.0 Å². The van der Waals surface area contributed by atoms with E-state index in [2.05, 4.69) is 85.2 Å². The van der Waals surface area contributed by atoms with Gasteiger partial charge in [0.1, 0.15) is 0 Å². The van der Waals surface area contributed by atoms with Gasteiger partial charge < -0.3 is 9.16 Å². The SMILES string of the molecule is CCOC(=O)C(=O)C(Br)C[C@H](C)CO[Si](c1ccccc1)(c1ccccc1)C(C)(C)C. The third-order valence-electron chi connectivity index (χ3n) is 5.37. The number of Topliss-reactive ketones (excluding diaryl/α,β-unsaturated/α-hetero) is 1. The fourth-order valence-corrected chi connectivity index (χ4v) is 9.40. The van der Waals surface area contributed by atoms with Gasteiger partial charge in [0.05, 0.1) is 11.4 Å². The minimum Gasteiger partial charge on any atom is -0.460 e. The Hall–Kier alpha value is -1.76. The summed E-state index contributed by atoms with van der Waals surface area (Å²) in [5.74, 6) is -1.26. The maximum absolute atomic E-state index is 12.2. The number of rotatable bonds is 10. The van der Waals surface area contributed by atoms with E-state index in [0.29, 0.717) is 13.0 Å². The Labute approximate surface area is 195 Å². The molecule has 0 aromatic heterocycles. The van der Waals surface area contributed by atoms with E-state index in [1.807, 2.05) is 19.1 Å².